The Kier molecular flexibility index (Phi) is 13.4. The number of amides is 2. The third-order valence-corrected chi connectivity index (χ3v) is 15.9. The molecule has 3 saturated heterocycles. The average molecular weight is 1010 g/mol. The zero-order valence-corrected chi connectivity index (χ0v) is 41.8. The molecule has 0 radical (unpaired) electrons. The molecule has 3 aliphatic rings. The molecule has 6 aromatic rings. The summed E-state index contributed by atoms with van der Waals surface area (Å²) in [6, 6.07) is 13.5. The van der Waals surface area contributed by atoms with Gasteiger partial charge in [-0.1, -0.05) is 19.1 Å². The second-order valence-electron chi connectivity index (χ2n) is 18.4. The van der Waals surface area contributed by atoms with Gasteiger partial charge in [-0.05, 0) is 96.8 Å². The molecule has 1 atom stereocenters. The predicted molar refractivity (Wildman–Crippen MR) is 270 cm³/mol. The number of fused-ring (bicyclic) bond motifs is 2. The second-order valence-corrected chi connectivity index (χ2v) is 22.4. The Morgan fingerprint density at radius 2 is 1.68 bits per heavy atom. The molecule has 3 aromatic heterocycles. The number of hydrogen-bond donors (Lipinski definition) is 3. The zero-order chi connectivity index (χ0) is 48.0. The molecule has 18 nitrogen and oxygen atoms in total. The lowest BCUT2D eigenvalue weighted by Gasteiger charge is -2.43. The summed E-state index contributed by atoms with van der Waals surface area (Å²) in [6.07, 6.45) is 7.35. The van der Waals surface area contributed by atoms with Crippen LogP contribution in [0.2, 0.25) is 0 Å². The highest BCUT2D eigenvalue weighted by Crippen LogP contribution is 2.42. The zero-order valence-electron chi connectivity index (χ0n) is 39.3. The normalized spacial score (nSPS) is 17.8. The van der Waals surface area contributed by atoms with Crippen LogP contribution in [0.25, 0.3) is 21.9 Å². The minimum absolute atomic E-state index is 0.213. The van der Waals surface area contributed by atoms with E-state index in [9.17, 15) is 23.7 Å². The number of methoxy groups -OCH3 is 1. The van der Waals surface area contributed by atoms with Crippen LogP contribution < -0.4 is 42.1 Å². The van der Waals surface area contributed by atoms with Gasteiger partial charge in [0.25, 0.3) is 5.56 Å². The van der Waals surface area contributed by atoms with Gasteiger partial charge < -0.3 is 34.3 Å². The number of halogens is 1. The fourth-order valence-corrected chi connectivity index (χ4v) is 12.0. The van der Waals surface area contributed by atoms with E-state index in [1.807, 2.05) is 12.1 Å². The van der Waals surface area contributed by atoms with Crippen LogP contribution in [-0.2, 0) is 41.1 Å². The fraction of sp³-hybridized carbons (Fsp3) is 0.438. The van der Waals surface area contributed by atoms with Gasteiger partial charge in [0, 0.05) is 95.6 Å². The number of anilines is 5. The van der Waals surface area contributed by atoms with E-state index in [1.54, 1.807) is 62.0 Å². The van der Waals surface area contributed by atoms with Gasteiger partial charge in [-0.2, -0.15) is 4.98 Å². The number of imidazole rings is 1. The number of benzene rings is 3. The molecule has 0 aliphatic carbocycles. The summed E-state index contributed by atoms with van der Waals surface area (Å²) in [5.74, 6) is 0.697. The lowest BCUT2D eigenvalue weighted by molar-refractivity contribution is -0.135. The van der Waals surface area contributed by atoms with Gasteiger partial charge in [-0.25, -0.2) is 14.8 Å². The number of piperazine rings is 1. The number of carbonyl (C=O) groups excluding carboxylic acids is 2. The fourth-order valence-electron chi connectivity index (χ4n) is 10.2. The molecule has 0 spiro atoms. The van der Waals surface area contributed by atoms with Crippen molar-refractivity contribution in [3.05, 3.63) is 91.4 Å². The summed E-state index contributed by atoms with van der Waals surface area (Å²) < 4.78 is 24.8. The number of rotatable bonds is 13. The van der Waals surface area contributed by atoms with Gasteiger partial charge in [0.15, 0.2) is 0 Å². The van der Waals surface area contributed by atoms with E-state index in [-0.39, 0.29) is 23.6 Å². The number of nitrogens with one attached hydrogen (secondary N) is 3. The molecule has 3 N–H and O–H groups in total. The molecule has 6 heterocycles. The van der Waals surface area contributed by atoms with E-state index < -0.39 is 19.1 Å². The van der Waals surface area contributed by atoms with Crippen molar-refractivity contribution >= 4 is 91.0 Å². The minimum atomic E-state index is -2.98. The van der Waals surface area contributed by atoms with Crippen molar-refractivity contribution in [3.8, 4) is 5.75 Å². The van der Waals surface area contributed by atoms with E-state index in [0.717, 1.165) is 99.5 Å². The summed E-state index contributed by atoms with van der Waals surface area (Å²) in [4.78, 5) is 72.6. The SMILES string of the molecule is CCc1cc(Nc2ncc(Br)c(Nc3ccc4ncn(C)c(=O)c4c3P(C)(C)=O)n2)c(OC)cc1N1CCC(N2CCN(CCc3cccc4c3n(C)c(=O)n4C3CCC(=O)NC3=O)CC2)CC1. The van der Waals surface area contributed by atoms with Gasteiger partial charge in [-0.3, -0.25) is 33.7 Å². The average Bonchev–Trinajstić information content (AvgIpc) is 3.58. The number of nitrogens with zero attached hydrogens (tertiary/aromatic N) is 9. The smallest absolute Gasteiger partial charge is 0.329 e. The van der Waals surface area contributed by atoms with Crippen LogP contribution in [0.5, 0.6) is 5.75 Å². The van der Waals surface area contributed by atoms with Crippen molar-refractivity contribution in [1.82, 2.24) is 43.8 Å². The second kappa shape index (κ2) is 19.3. The first kappa shape index (κ1) is 47.2. The molecular weight excluding hydrogens is 951 g/mol. The number of aromatic nitrogens is 6. The van der Waals surface area contributed by atoms with Crippen LogP contribution in [0, 0.1) is 0 Å². The molecule has 3 fully saturated rings. The van der Waals surface area contributed by atoms with Gasteiger partial charge in [0.2, 0.25) is 17.8 Å². The Labute approximate surface area is 402 Å². The molecule has 2 amide bonds. The summed E-state index contributed by atoms with van der Waals surface area (Å²) in [5, 5.41) is 9.83. The van der Waals surface area contributed by atoms with Crippen molar-refractivity contribution in [3.63, 3.8) is 0 Å². The topological polar surface area (TPSA) is 194 Å². The first-order chi connectivity index (χ1) is 32.6. The van der Waals surface area contributed by atoms with E-state index in [2.05, 4.69) is 81.7 Å². The molecule has 0 saturated carbocycles. The van der Waals surface area contributed by atoms with Gasteiger partial charge in [0.1, 0.15) is 24.8 Å². The first-order valence-corrected chi connectivity index (χ1v) is 26.6. The molecule has 20 heteroatoms. The summed E-state index contributed by atoms with van der Waals surface area (Å²) in [5.41, 5.74) is 6.17. The summed E-state index contributed by atoms with van der Waals surface area (Å²) >= 11 is 3.58. The van der Waals surface area contributed by atoms with Crippen LogP contribution in [-0.4, -0.2) is 123 Å². The number of piperidine rings is 2. The largest absolute Gasteiger partial charge is 0.494 e. The molecule has 3 aliphatic heterocycles. The number of para-hydroxylation sites is 1. The molecule has 0 bridgehead atoms. The van der Waals surface area contributed by atoms with Crippen LogP contribution in [0.1, 0.15) is 49.8 Å². The first-order valence-electron chi connectivity index (χ1n) is 23.2. The lowest BCUT2D eigenvalue weighted by atomic mass is 9.99. The Hall–Kier alpha value is -5.88. The highest BCUT2D eigenvalue weighted by Gasteiger charge is 2.33. The Morgan fingerprint density at radius 3 is 2.38 bits per heavy atom. The third kappa shape index (κ3) is 9.20. The maximum absolute atomic E-state index is 13.7. The quantitative estimate of drug-likeness (QED) is 0.100. The van der Waals surface area contributed by atoms with Crippen LogP contribution in [0.4, 0.5) is 28.8 Å². The minimum Gasteiger partial charge on any atom is -0.494 e. The van der Waals surface area contributed by atoms with E-state index in [1.165, 1.54) is 16.5 Å². The van der Waals surface area contributed by atoms with E-state index >= 15 is 0 Å². The number of hydrogen-bond acceptors (Lipinski definition) is 14. The lowest BCUT2D eigenvalue weighted by Crippen LogP contribution is -2.53. The number of ether oxygens (including phenoxy) is 1. The number of carbonyl (C=O) groups is 2. The van der Waals surface area contributed by atoms with Crippen LogP contribution in [0.3, 0.4) is 0 Å². The van der Waals surface area contributed by atoms with Crippen molar-refractivity contribution < 1.29 is 18.9 Å². The van der Waals surface area contributed by atoms with E-state index in [0.29, 0.717) is 56.3 Å². The molecule has 1 unspecified atom stereocenters. The molecule has 68 heavy (non-hydrogen) atoms. The van der Waals surface area contributed by atoms with Crippen molar-refractivity contribution in [1.29, 1.82) is 0 Å². The molecule has 9 rings (SSSR count). The Morgan fingerprint density at radius 1 is 0.912 bits per heavy atom. The van der Waals surface area contributed by atoms with Crippen molar-refractivity contribution in [2.45, 2.75) is 57.5 Å². The maximum Gasteiger partial charge on any atom is 0.329 e. The highest BCUT2D eigenvalue weighted by atomic mass is 79.9. The molecule has 358 valence electrons. The van der Waals surface area contributed by atoms with Crippen LogP contribution >= 0.6 is 23.1 Å². The van der Waals surface area contributed by atoms with Crippen LogP contribution in [0.15, 0.2) is 69.1 Å². The standard InChI is InChI=1S/C48H58BrN12O6P/c1-7-29-25-35(53-47-50-27-32(49)44(55-47)52-34-12-11-33-41(43(34)68(5,6)66)46(64)56(2)28-51-33)39(67-4)26-38(29)60-19-16-31(17-20-60)59-23-21-58(22-24-59)18-15-30-9-8-10-36-42(30)57(3)48(65)61(36)37-13-14-40(62)54-45(37)63/h8-12,25-28,31,37H,7,13-24H2,1-6H3,(H,54,62,63)(H2,50,52,53,55). The van der Waals surface area contributed by atoms with Gasteiger partial charge in [0.05, 0.1) is 51.2 Å². The van der Waals surface area contributed by atoms with E-state index in [4.69, 9.17) is 9.72 Å². The Balaban J connectivity index is 0.826. The maximum atomic E-state index is 13.7. The number of aryl methyl sites for hydroxylation is 3. The molecular formula is C48H58BrN12O6P. The predicted octanol–water partition coefficient (Wildman–Crippen LogP) is 5.25. The number of imide groups is 1. The Bertz CT molecular complexity index is 3110. The highest BCUT2D eigenvalue weighted by molar-refractivity contribution is 9.10. The summed E-state index contributed by atoms with van der Waals surface area (Å²) in [6.45, 7) is 12.1. The molecule has 3 aromatic carbocycles. The van der Waals surface area contributed by atoms with Crippen molar-refractivity contribution in [2.24, 2.45) is 14.1 Å². The van der Waals surface area contributed by atoms with Crippen molar-refractivity contribution in [2.75, 3.05) is 81.8 Å². The van der Waals surface area contributed by atoms with Gasteiger partial charge in [-0.15, -0.1) is 0 Å². The summed E-state index contributed by atoms with van der Waals surface area (Å²) in [7, 11) is 2.07. The monoisotopic (exact) mass is 1010 g/mol. The van der Waals surface area contributed by atoms with Gasteiger partial charge >= 0.3 is 5.69 Å². The third-order valence-electron chi connectivity index (χ3n) is 13.8.